The van der Waals surface area contributed by atoms with E-state index in [0.717, 1.165) is 5.56 Å². The van der Waals surface area contributed by atoms with Crippen molar-refractivity contribution < 1.29 is 5.11 Å². The molecule has 1 aromatic heterocycles. The van der Waals surface area contributed by atoms with Gasteiger partial charge < -0.3 is 5.11 Å². The quantitative estimate of drug-likeness (QED) is 0.639. The van der Waals surface area contributed by atoms with Crippen molar-refractivity contribution in [2.24, 2.45) is 0 Å². The average molecular weight is 142 g/mol. The Hall–Kier alpha value is -0.500. The van der Waals surface area contributed by atoms with Crippen LogP contribution < -0.4 is 0 Å². The number of thiophene rings is 1. The van der Waals surface area contributed by atoms with Crippen LogP contribution in [0, 0.1) is 0 Å². The van der Waals surface area contributed by atoms with E-state index >= 15 is 0 Å². The third kappa shape index (κ3) is 1.24. The van der Waals surface area contributed by atoms with Crippen molar-refractivity contribution in [2.75, 3.05) is 0 Å². The summed E-state index contributed by atoms with van der Waals surface area (Å²) in [6.07, 6.45) is 0. The minimum Gasteiger partial charge on any atom is -0.507 e. The van der Waals surface area contributed by atoms with Gasteiger partial charge in [-0.3, -0.25) is 0 Å². The van der Waals surface area contributed by atoms with Crippen molar-refractivity contribution in [1.29, 1.82) is 0 Å². The van der Waals surface area contributed by atoms with Crippen LogP contribution in [-0.2, 0) is 0 Å². The van der Waals surface area contributed by atoms with E-state index < -0.39 is 0 Å². The third-order valence-corrected chi connectivity index (χ3v) is 2.04. The minimum atomic E-state index is 0.440. The predicted molar refractivity (Wildman–Crippen MR) is 40.1 cm³/mol. The lowest BCUT2D eigenvalue weighted by Crippen LogP contribution is -1.81. The van der Waals surface area contributed by atoms with Crippen LogP contribution in [-0.4, -0.2) is 5.11 Å². The average Bonchev–Trinajstić information content (AvgIpc) is 2.13. The molecule has 9 heavy (non-hydrogen) atoms. The predicted octanol–water partition coefficient (Wildman–Crippen LogP) is 2.58. The molecule has 50 valence electrons. The SMILES string of the molecule is CC(C)c1cscc1O. The Morgan fingerprint density at radius 1 is 1.44 bits per heavy atom. The summed E-state index contributed by atoms with van der Waals surface area (Å²) in [4.78, 5) is 0. The van der Waals surface area contributed by atoms with Gasteiger partial charge in [-0.15, -0.1) is 11.3 Å². The maximum absolute atomic E-state index is 9.13. The molecule has 0 aliphatic rings. The Labute approximate surface area is 59.0 Å². The number of rotatable bonds is 1. The molecule has 1 aromatic rings. The molecule has 1 rings (SSSR count). The van der Waals surface area contributed by atoms with Crippen LogP contribution in [0.4, 0.5) is 0 Å². The molecular weight excluding hydrogens is 132 g/mol. The van der Waals surface area contributed by atoms with Crippen LogP contribution in [0.15, 0.2) is 10.8 Å². The molecule has 0 atom stereocenters. The van der Waals surface area contributed by atoms with Gasteiger partial charge in [-0.05, 0) is 11.3 Å². The van der Waals surface area contributed by atoms with Gasteiger partial charge in [-0.25, -0.2) is 0 Å². The Morgan fingerprint density at radius 2 is 2.11 bits per heavy atom. The fourth-order valence-electron chi connectivity index (χ4n) is 0.732. The van der Waals surface area contributed by atoms with Crippen molar-refractivity contribution in [1.82, 2.24) is 0 Å². The van der Waals surface area contributed by atoms with E-state index in [1.54, 1.807) is 16.7 Å². The summed E-state index contributed by atoms with van der Waals surface area (Å²) in [7, 11) is 0. The largest absolute Gasteiger partial charge is 0.507 e. The van der Waals surface area contributed by atoms with Gasteiger partial charge in [0.1, 0.15) is 5.75 Å². The van der Waals surface area contributed by atoms with E-state index in [9.17, 15) is 0 Å². The molecule has 0 bridgehead atoms. The highest BCUT2D eigenvalue weighted by Gasteiger charge is 2.04. The van der Waals surface area contributed by atoms with E-state index in [-0.39, 0.29) is 0 Å². The molecule has 1 heterocycles. The highest BCUT2D eigenvalue weighted by molar-refractivity contribution is 7.08. The Morgan fingerprint density at radius 3 is 2.33 bits per heavy atom. The summed E-state index contributed by atoms with van der Waals surface area (Å²) in [6.45, 7) is 4.14. The summed E-state index contributed by atoms with van der Waals surface area (Å²) >= 11 is 1.54. The summed E-state index contributed by atoms with van der Waals surface area (Å²) in [5.41, 5.74) is 1.06. The van der Waals surface area contributed by atoms with Crippen LogP contribution in [0.2, 0.25) is 0 Å². The molecule has 0 radical (unpaired) electrons. The zero-order valence-electron chi connectivity index (χ0n) is 5.59. The van der Waals surface area contributed by atoms with Gasteiger partial charge in [0.05, 0.1) is 0 Å². The van der Waals surface area contributed by atoms with E-state index in [1.165, 1.54) is 0 Å². The summed E-state index contributed by atoms with van der Waals surface area (Å²) in [5.74, 6) is 0.881. The van der Waals surface area contributed by atoms with Crippen molar-refractivity contribution in [3.05, 3.63) is 16.3 Å². The lowest BCUT2D eigenvalue weighted by molar-refractivity contribution is 0.468. The van der Waals surface area contributed by atoms with E-state index in [4.69, 9.17) is 5.11 Å². The first-order chi connectivity index (χ1) is 4.22. The normalized spacial score (nSPS) is 10.6. The van der Waals surface area contributed by atoms with Crippen LogP contribution >= 0.6 is 11.3 Å². The second kappa shape index (κ2) is 2.40. The first kappa shape index (κ1) is 6.62. The van der Waals surface area contributed by atoms with Crippen molar-refractivity contribution in [3.63, 3.8) is 0 Å². The fraction of sp³-hybridized carbons (Fsp3) is 0.429. The third-order valence-electron chi connectivity index (χ3n) is 1.29. The molecule has 0 saturated heterocycles. The van der Waals surface area contributed by atoms with Crippen molar-refractivity contribution in [2.45, 2.75) is 19.8 Å². The Kier molecular flexibility index (Phi) is 1.76. The van der Waals surface area contributed by atoms with Gasteiger partial charge in [0, 0.05) is 10.9 Å². The number of hydrogen-bond acceptors (Lipinski definition) is 2. The van der Waals surface area contributed by atoms with E-state index in [2.05, 4.69) is 13.8 Å². The maximum atomic E-state index is 9.13. The molecule has 0 aliphatic heterocycles. The first-order valence-corrected chi connectivity index (χ1v) is 3.91. The van der Waals surface area contributed by atoms with E-state index in [1.807, 2.05) is 5.38 Å². The Balaban J connectivity index is 2.94. The number of aromatic hydroxyl groups is 1. The lowest BCUT2D eigenvalue weighted by atomic mass is 10.1. The smallest absolute Gasteiger partial charge is 0.129 e. The van der Waals surface area contributed by atoms with Crippen LogP contribution in [0.25, 0.3) is 0 Å². The van der Waals surface area contributed by atoms with Gasteiger partial charge in [-0.2, -0.15) is 0 Å². The highest BCUT2D eigenvalue weighted by atomic mass is 32.1. The van der Waals surface area contributed by atoms with Gasteiger partial charge in [0.2, 0.25) is 0 Å². The molecule has 0 amide bonds. The van der Waals surface area contributed by atoms with Gasteiger partial charge >= 0.3 is 0 Å². The van der Waals surface area contributed by atoms with E-state index in [0.29, 0.717) is 11.7 Å². The standard InChI is InChI=1S/C7H10OS/c1-5(2)6-3-9-4-7(6)8/h3-5,8H,1-2H3. The topological polar surface area (TPSA) is 20.2 Å². The molecule has 0 spiro atoms. The second-order valence-corrected chi connectivity index (χ2v) is 3.11. The van der Waals surface area contributed by atoms with Gasteiger partial charge in [-0.1, -0.05) is 13.8 Å². The molecule has 2 heteroatoms. The molecule has 0 fully saturated rings. The number of hydrogen-bond donors (Lipinski definition) is 1. The molecule has 1 nitrogen and oxygen atoms in total. The fourth-order valence-corrected chi connectivity index (χ4v) is 1.60. The molecule has 0 unspecified atom stereocenters. The van der Waals surface area contributed by atoms with Crippen LogP contribution in [0.3, 0.4) is 0 Å². The molecule has 0 aliphatic carbocycles. The molecule has 0 aromatic carbocycles. The van der Waals surface area contributed by atoms with Crippen molar-refractivity contribution >= 4 is 11.3 Å². The molecular formula is C7H10OS. The second-order valence-electron chi connectivity index (χ2n) is 2.37. The summed E-state index contributed by atoms with van der Waals surface area (Å²) in [5, 5.41) is 12.9. The zero-order valence-corrected chi connectivity index (χ0v) is 6.40. The van der Waals surface area contributed by atoms with Crippen molar-refractivity contribution in [3.8, 4) is 5.75 Å². The molecule has 0 saturated carbocycles. The van der Waals surface area contributed by atoms with Gasteiger partial charge in [0.25, 0.3) is 0 Å². The molecule has 1 N–H and O–H groups in total. The summed E-state index contributed by atoms with van der Waals surface area (Å²) < 4.78 is 0. The maximum Gasteiger partial charge on any atom is 0.129 e. The Bertz CT molecular complexity index is 191. The summed E-state index contributed by atoms with van der Waals surface area (Å²) in [6, 6.07) is 0. The minimum absolute atomic E-state index is 0.440. The van der Waals surface area contributed by atoms with Gasteiger partial charge in [0.15, 0.2) is 0 Å². The van der Waals surface area contributed by atoms with Crippen LogP contribution in [0.5, 0.6) is 5.75 Å². The highest BCUT2D eigenvalue weighted by Crippen LogP contribution is 2.28. The van der Waals surface area contributed by atoms with Crippen LogP contribution in [0.1, 0.15) is 25.3 Å². The first-order valence-electron chi connectivity index (χ1n) is 2.97. The monoisotopic (exact) mass is 142 g/mol. The zero-order chi connectivity index (χ0) is 6.85. The lowest BCUT2D eigenvalue weighted by Gasteiger charge is -1.99.